The fourth-order valence-electron chi connectivity index (χ4n) is 3.21. The third-order valence-corrected chi connectivity index (χ3v) is 5.14. The Morgan fingerprint density at radius 1 is 1.23 bits per heavy atom. The summed E-state index contributed by atoms with van der Waals surface area (Å²) in [7, 11) is 0. The Labute approximate surface area is 156 Å². The predicted molar refractivity (Wildman–Crippen MR) is 102 cm³/mol. The van der Waals surface area contributed by atoms with E-state index >= 15 is 0 Å². The van der Waals surface area contributed by atoms with E-state index in [0.29, 0.717) is 32.5 Å². The number of rotatable bonds is 4. The maximum Gasteiger partial charge on any atom is 0.407 e. The molecule has 0 saturated carbocycles. The van der Waals surface area contributed by atoms with Crippen LogP contribution in [-0.2, 0) is 11.3 Å². The molecule has 1 saturated heterocycles. The largest absolute Gasteiger partial charge is 0.465 e. The van der Waals surface area contributed by atoms with Crippen LogP contribution in [0.5, 0.6) is 0 Å². The van der Waals surface area contributed by atoms with E-state index in [1.807, 2.05) is 52.0 Å². The molecule has 1 heterocycles. The predicted octanol–water partition coefficient (Wildman–Crippen LogP) is 2.84. The van der Waals surface area contributed by atoms with Gasteiger partial charge in [0.25, 0.3) is 0 Å². The van der Waals surface area contributed by atoms with Gasteiger partial charge in [0, 0.05) is 25.7 Å². The molecule has 6 heteroatoms. The van der Waals surface area contributed by atoms with E-state index in [1.165, 1.54) is 4.90 Å². The summed E-state index contributed by atoms with van der Waals surface area (Å²) in [6.45, 7) is 9.33. The maximum absolute atomic E-state index is 12.5. The summed E-state index contributed by atoms with van der Waals surface area (Å²) in [6.07, 6.45) is 0.364. The second kappa shape index (κ2) is 8.08. The van der Waals surface area contributed by atoms with Crippen molar-refractivity contribution in [2.45, 2.75) is 59.2 Å². The van der Waals surface area contributed by atoms with E-state index in [4.69, 9.17) is 5.73 Å². The van der Waals surface area contributed by atoms with Gasteiger partial charge in [0.1, 0.15) is 0 Å². The molecule has 1 aliphatic heterocycles. The SMILES string of the molecule is Cc1ccc(CN(C(=O)O)C2CCN(C(=O)[C@@H](N)C(C)(C)C)CC2)cc1. The summed E-state index contributed by atoms with van der Waals surface area (Å²) < 4.78 is 0. The van der Waals surface area contributed by atoms with Crippen LogP contribution in [0.3, 0.4) is 0 Å². The lowest BCUT2D eigenvalue weighted by Crippen LogP contribution is -2.54. The number of carbonyl (C=O) groups excluding carboxylic acids is 1. The number of benzene rings is 1. The van der Waals surface area contributed by atoms with Crippen LogP contribution in [0.1, 0.15) is 44.7 Å². The van der Waals surface area contributed by atoms with Gasteiger partial charge in [-0.05, 0) is 30.7 Å². The van der Waals surface area contributed by atoms with E-state index in [1.54, 1.807) is 4.90 Å². The minimum atomic E-state index is -0.915. The zero-order valence-electron chi connectivity index (χ0n) is 16.2. The second-order valence-corrected chi connectivity index (χ2v) is 8.30. The third kappa shape index (κ3) is 4.97. The smallest absolute Gasteiger partial charge is 0.407 e. The van der Waals surface area contributed by atoms with Crippen molar-refractivity contribution in [2.24, 2.45) is 11.1 Å². The van der Waals surface area contributed by atoms with Crippen molar-refractivity contribution in [3.63, 3.8) is 0 Å². The van der Waals surface area contributed by atoms with Gasteiger partial charge in [-0.3, -0.25) is 4.79 Å². The number of likely N-dealkylation sites (tertiary alicyclic amines) is 1. The van der Waals surface area contributed by atoms with Gasteiger partial charge in [-0.25, -0.2) is 4.79 Å². The molecule has 0 bridgehead atoms. The Hall–Kier alpha value is -2.08. The van der Waals surface area contributed by atoms with Crippen molar-refractivity contribution in [2.75, 3.05) is 13.1 Å². The summed E-state index contributed by atoms with van der Waals surface area (Å²) >= 11 is 0. The van der Waals surface area contributed by atoms with Crippen molar-refractivity contribution in [3.05, 3.63) is 35.4 Å². The molecule has 1 aromatic rings. The molecule has 1 atom stereocenters. The molecule has 2 rings (SSSR count). The van der Waals surface area contributed by atoms with Crippen LogP contribution in [0.2, 0.25) is 0 Å². The monoisotopic (exact) mass is 361 g/mol. The van der Waals surface area contributed by atoms with Gasteiger partial charge in [0.2, 0.25) is 5.91 Å². The Morgan fingerprint density at radius 2 is 1.77 bits per heavy atom. The Morgan fingerprint density at radius 3 is 2.23 bits per heavy atom. The van der Waals surface area contributed by atoms with Crippen LogP contribution in [0.15, 0.2) is 24.3 Å². The maximum atomic E-state index is 12.5. The first-order valence-electron chi connectivity index (χ1n) is 9.19. The summed E-state index contributed by atoms with van der Waals surface area (Å²) in [5.74, 6) is -0.0450. The highest BCUT2D eigenvalue weighted by molar-refractivity contribution is 5.82. The quantitative estimate of drug-likeness (QED) is 0.863. The molecule has 1 fully saturated rings. The van der Waals surface area contributed by atoms with Gasteiger partial charge < -0.3 is 20.6 Å². The molecule has 1 aliphatic rings. The highest BCUT2D eigenvalue weighted by Crippen LogP contribution is 2.23. The molecule has 3 N–H and O–H groups in total. The molecule has 0 aliphatic carbocycles. The third-order valence-electron chi connectivity index (χ3n) is 5.14. The number of carboxylic acid groups (broad SMARTS) is 1. The van der Waals surface area contributed by atoms with Crippen molar-refractivity contribution in [3.8, 4) is 0 Å². The number of carbonyl (C=O) groups is 2. The molecule has 0 aromatic heterocycles. The molecular weight excluding hydrogens is 330 g/mol. The zero-order valence-corrected chi connectivity index (χ0v) is 16.2. The van der Waals surface area contributed by atoms with Crippen molar-refractivity contribution < 1.29 is 14.7 Å². The molecular formula is C20H31N3O3. The van der Waals surface area contributed by atoms with Gasteiger partial charge >= 0.3 is 6.09 Å². The van der Waals surface area contributed by atoms with Crippen LogP contribution in [0.25, 0.3) is 0 Å². The normalized spacial score (nSPS) is 17.0. The lowest BCUT2D eigenvalue weighted by atomic mass is 9.86. The first kappa shape index (κ1) is 20.2. The van der Waals surface area contributed by atoms with E-state index in [9.17, 15) is 14.7 Å². The number of aryl methyl sites for hydroxylation is 1. The molecule has 144 valence electrons. The van der Waals surface area contributed by atoms with Gasteiger partial charge in [-0.1, -0.05) is 50.6 Å². The average molecular weight is 361 g/mol. The summed E-state index contributed by atoms with van der Waals surface area (Å²) in [5.41, 5.74) is 7.93. The minimum Gasteiger partial charge on any atom is -0.465 e. The highest BCUT2D eigenvalue weighted by Gasteiger charge is 2.34. The lowest BCUT2D eigenvalue weighted by molar-refractivity contribution is -0.136. The lowest BCUT2D eigenvalue weighted by Gasteiger charge is -2.39. The van der Waals surface area contributed by atoms with Crippen LogP contribution in [0, 0.1) is 12.3 Å². The molecule has 0 radical (unpaired) electrons. The Bertz CT molecular complexity index is 629. The van der Waals surface area contributed by atoms with Gasteiger partial charge in [0.15, 0.2) is 0 Å². The van der Waals surface area contributed by atoms with Gasteiger partial charge in [-0.2, -0.15) is 0 Å². The van der Waals surface area contributed by atoms with E-state index in [0.717, 1.165) is 11.1 Å². The van der Waals surface area contributed by atoms with Gasteiger partial charge in [-0.15, -0.1) is 0 Å². The number of nitrogens with two attached hydrogens (primary N) is 1. The van der Waals surface area contributed by atoms with Gasteiger partial charge in [0.05, 0.1) is 6.04 Å². The first-order valence-corrected chi connectivity index (χ1v) is 9.19. The standard InChI is InChI=1S/C20H31N3O3/c1-14-5-7-15(8-6-14)13-23(19(25)26)16-9-11-22(12-10-16)18(24)17(21)20(2,3)4/h5-8,16-17H,9-13,21H2,1-4H3,(H,25,26)/t17-/m1/s1. The molecule has 0 unspecified atom stereocenters. The van der Waals surface area contributed by atoms with Crippen LogP contribution >= 0.6 is 0 Å². The molecule has 2 amide bonds. The highest BCUT2D eigenvalue weighted by atomic mass is 16.4. The fraction of sp³-hybridized carbons (Fsp3) is 0.600. The molecule has 6 nitrogen and oxygen atoms in total. The summed E-state index contributed by atoms with van der Waals surface area (Å²) in [4.78, 5) is 27.6. The van der Waals surface area contributed by atoms with Crippen molar-refractivity contribution in [1.82, 2.24) is 9.80 Å². The Kier molecular flexibility index (Phi) is 6.29. The molecule has 1 aromatic carbocycles. The second-order valence-electron chi connectivity index (χ2n) is 8.30. The minimum absolute atomic E-state index is 0.0450. The summed E-state index contributed by atoms with van der Waals surface area (Å²) in [6, 6.07) is 7.29. The van der Waals surface area contributed by atoms with Crippen LogP contribution in [0.4, 0.5) is 4.79 Å². The number of hydrogen-bond donors (Lipinski definition) is 2. The number of nitrogens with zero attached hydrogens (tertiary/aromatic N) is 2. The molecule has 26 heavy (non-hydrogen) atoms. The molecule has 0 spiro atoms. The number of piperidine rings is 1. The average Bonchev–Trinajstić information content (AvgIpc) is 2.59. The zero-order chi connectivity index (χ0) is 19.5. The Balaban J connectivity index is 1.98. The van der Waals surface area contributed by atoms with Crippen molar-refractivity contribution >= 4 is 12.0 Å². The van der Waals surface area contributed by atoms with Crippen LogP contribution < -0.4 is 5.73 Å². The van der Waals surface area contributed by atoms with Crippen LogP contribution in [-0.4, -0.2) is 52.1 Å². The number of hydrogen-bond acceptors (Lipinski definition) is 3. The first-order chi connectivity index (χ1) is 12.1. The fourth-order valence-corrected chi connectivity index (χ4v) is 3.21. The number of amides is 2. The van der Waals surface area contributed by atoms with E-state index < -0.39 is 12.1 Å². The van der Waals surface area contributed by atoms with Crippen molar-refractivity contribution in [1.29, 1.82) is 0 Å². The topological polar surface area (TPSA) is 86.9 Å². The van der Waals surface area contributed by atoms with E-state index in [2.05, 4.69) is 0 Å². The summed E-state index contributed by atoms with van der Waals surface area (Å²) in [5, 5.41) is 9.64. The van der Waals surface area contributed by atoms with E-state index in [-0.39, 0.29) is 17.4 Å².